The Morgan fingerprint density at radius 1 is 1.42 bits per heavy atom. The summed E-state index contributed by atoms with van der Waals surface area (Å²) in [6.07, 6.45) is -1.61. The molecule has 1 aliphatic rings. The van der Waals surface area contributed by atoms with Crippen molar-refractivity contribution >= 4 is 5.91 Å². The summed E-state index contributed by atoms with van der Waals surface area (Å²) in [6.45, 7) is 0.235. The molecule has 1 fully saturated rings. The van der Waals surface area contributed by atoms with Gasteiger partial charge in [0.25, 0.3) is 5.91 Å². The van der Waals surface area contributed by atoms with E-state index in [0.29, 0.717) is 12.0 Å². The van der Waals surface area contributed by atoms with Crippen molar-refractivity contribution in [1.82, 2.24) is 4.98 Å². The molecule has 1 aromatic rings. The summed E-state index contributed by atoms with van der Waals surface area (Å²) in [7, 11) is 0. The lowest BCUT2D eigenvalue weighted by atomic mass is 10.2. The molecular formula is C12H13F3N2O2. The third-order valence-electron chi connectivity index (χ3n) is 2.88. The van der Waals surface area contributed by atoms with E-state index in [0.717, 1.165) is 25.3 Å². The lowest BCUT2D eigenvalue weighted by Gasteiger charge is -2.11. The monoisotopic (exact) mass is 274 g/mol. The van der Waals surface area contributed by atoms with Crippen molar-refractivity contribution in [2.75, 3.05) is 6.61 Å². The largest absolute Gasteiger partial charge is 0.477 e. The summed E-state index contributed by atoms with van der Waals surface area (Å²) in [6, 6.07) is 1.71. The Bertz CT molecular complexity index is 484. The molecule has 0 unspecified atom stereocenters. The fraction of sp³-hybridized carbons (Fsp3) is 0.500. The van der Waals surface area contributed by atoms with Gasteiger partial charge in [-0.3, -0.25) is 4.79 Å². The normalized spacial score (nSPS) is 15.3. The average Bonchev–Trinajstić information content (AvgIpc) is 3.11. The van der Waals surface area contributed by atoms with Crippen LogP contribution in [0.4, 0.5) is 13.2 Å². The molecule has 0 aliphatic heterocycles. The highest BCUT2D eigenvalue weighted by molar-refractivity contribution is 5.95. The van der Waals surface area contributed by atoms with Crippen LogP contribution in [-0.4, -0.2) is 17.5 Å². The molecule has 0 atom stereocenters. The van der Waals surface area contributed by atoms with Gasteiger partial charge in [-0.25, -0.2) is 4.98 Å². The number of amides is 1. The number of aromatic nitrogens is 1. The van der Waals surface area contributed by atoms with E-state index >= 15 is 0 Å². The zero-order chi connectivity index (χ0) is 14.0. The van der Waals surface area contributed by atoms with Gasteiger partial charge < -0.3 is 10.5 Å². The molecule has 0 saturated heterocycles. The first-order chi connectivity index (χ1) is 8.88. The van der Waals surface area contributed by atoms with E-state index < -0.39 is 17.8 Å². The molecule has 4 nitrogen and oxygen atoms in total. The molecule has 104 valence electrons. The van der Waals surface area contributed by atoms with Gasteiger partial charge in [0.2, 0.25) is 5.88 Å². The number of ether oxygens (including phenoxy) is 1. The molecule has 1 amide bonds. The van der Waals surface area contributed by atoms with Gasteiger partial charge in [-0.05, 0) is 24.5 Å². The van der Waals surface area contributed by atoms with E-state index in [-0.39, 0.29) is 18.1 Å². The van der Waals surface area contributed by atoms with Gasteiger partial charge in [0.1, 0.15) is 11.3 Å². The Balaban J connectivity index is 2.16. The van der Waals surface area contributed by atoms with Crippen LogP contribution in [0.2, 0.25) is 0 Å². The lowest BCUT2D eigenvalue weighted by Crippen LogP contribution is -2.17. The number of rotatable bonds is 5. The number of carbonyl (C=O) groups is 1. The van der Waals surface area contributed by atoms with Crippen LogP contribution in [0.3, 0.4) is 0 Å². The number of nitrogens with two attached hydrogens (primary N) is 1. The topological polar surface area (TPSA) is 65.2 Å². The quantitative estimate of drug-likeness (QED) is 0.896. The Kier molecular flexibility index (Phi) is 3.64. The molecule has 0 spiro atoms. The molecule has 2 N–H and O–H groups in total. The van der Waals surface area contributed by atoms with Crippen LogP contribution in [0.5, 0.6) is 5.88 Å². The molecule has 2 rings (SSSR count). The molecule has 0 aromatic carbocycles. The van der Waals surface area contributed by atoms with Crippen molar-refractivity contribution < 1.29 is 22.7 Å². The van der Waals surface area contributed by atoms with E-state index in [1.807, 2.05) is 0 Å². The van der Waals surface area contributed by atoms with Crippen LogP contribution in [-0.2, 0) is 6.18 Å². The summed E-state index contributed by atoms with van der Waals surface area (Å²) < 4.78 is 42.8. The maximum absolute atomic E-state index is 12.5. The van der Waals surface area contributed by atoms with Crippen LogP contribution >= 0.6 is 0 Å². The van der Waals surface area contributed by atoms with Gasteiger partial charge >= 0.3 is 6.18 Å². The van der Waals surface area contributed by atoms with E-state index in [1.54, 1.807) is 0 Å². The number of primary amides is 1. The number of pyridine rings is 1. The van der Waals surface area contributed by atoms with Crippen molar-refractivity contribution in [3.8, 4) is 5.88 Å². The van der Waals surface area contributed by atoms with Crippen LogP contribution in [0.25, 0.3) is 0 Å². The van der Waals surface area contributed by atoms with Crippen molar-refractivity contribution in [2.45, 2.75) is 25.4 Å². The maximum Gasteiger partial charge on any atom is 0.433 e. The second-order valence-electron chi connectivity index (χ2n) is 4.49. The smallest absolute Gasteiger partial charge is 0.433 e. The third-order valence-corrected chi connectivity index (χ3v) is 2.88. The molecule has 1 heterocycles. The average molecular weight is 274 g/mol. The third kappa shape index (κ3) is 3.59. The van der Waals surface area contributed by atoms with E-state index in [2.05, 4.69) is 4.98 Å². The highest BCUT2D eigenvalue weighted by Gasteiger charge is 2.33. The van der Waals surface area contributed by atoms with E-state index in [1.165, 1.54) is 0 Å². The van der Waals surface area contributed by atoms with Crippen molar-refractivity contribution in [2.24, 2.45) is 11.7 Å². The van der Waals surface area contributed by atoms with E-state index in [9.17, 15) is 18.0 Å². The van der Waals surface area contributed by atoms with Gasteiger partial charge in [0.15, 0.2) is 0 Å². The molecule has 0 bridgehead atoms. The van der Waals surface area contributed by atoms with Gasteiger partial charge in [-0.2, -0.15) is 13.2 Å². The predicted molar refractivity (Wildman–Crippen MR) is 60.6 cm³/mol. The lowest BCUT2D eigenvalue weighted by molar-refractivity contribution is -0.141. The number of alkyl halides is 3. The molecule has 1 saturated carbocycles. The van der Waals surface area contributed by atoms with Gasteiger partial charge in [0.05, 0.1) is 6.61 Å². The zero-order valence-corrected chi connectivity index (χ0v) is 10.0. The maximum atomic E-state index is 12.5. The summed E-state index contributed by atoms with van der Waals surface area (Å²) in [4.78, 5) is 14.4. The van der Waals surface area contributed by atoms with Crippen molar-refractivity contribution in [3.05, 3.63) is 23.4 Å². The Labute approximate surface area is 107 Å². The van der Waals surface area contributed by atoms with Crippen LogP contribution < -0.4 is 10.5 Å². The number of carbonyl (C=O) groups excluding carboxylic acids is 1. The van der Waals surface area contributed by atoms with Crippen molar-refractivity contribution in [1.29, 1.82) is 0 Å². The van der Waals surface area contributed by atoms with Gasteiger partial charge in [-0.15, -0.1) is 0 Å². The van der Waals surface area contributed by atoms with Crippen LogP contribution in [0.15, 0.2) is 12.1 Å². The number of hydrogen-bond acceptors (Lipinski definition) is 3. The summed E-state index contributed by atoms with van der Waals surface area (Å²) in [5, 5.41) is 0. The standard InChI is InChI=1S/C12H13F3N2O2/c13-12(14,15)9-4-3-8(10(16)18)11(17-9)19-6-5-7-1-2-7/h3-4,7H,1-2,5-6H2,(H2,16,18). The SMILES string of the molecule is NC(=O)c1ccc(C(F)(F)F)nc1OCCC1CC1. The number of hydrogen-bond donors (Lipinski definition) is 1. The summed E-state index contributed by atoms with van der Waals surface area (Å²) in [5.74, 6) is -0.631. The first kappa shape index (κ1) is 13.6. The molecule has 7 heteroatoms. The second-order valence-corrected chi connectivity index (χ2v) is 4.49. The zero-order valence-electron chi connectivity index (χ0n) is 10.0. The van der Waals surface area contributed by atoms with E-state index in [4.69, 9.17) is 10.5 Å². The molecule has 1 aromatic heterocycles. The minimum Gasteiger partial charge on any atom is -0.477 e. The predicted octanol–water partition coefficient (Wildman–Crippen LogP) is 2.38. The fourth-order valence-electron chi connectivity index (χ4n) is 1.62. The minimum absolute atomic E-state index is 0.135. The Hall–Kier alpha value is -1.79. The highest BCUT2D eigenvalue weighted by Crippen LogP contribution is 2.33. The molecule has 19 heavy (non-hydrogen) atoms. The fourth-order valence-corrected chi connectivity index (χ4v) is 1.62. The highest BCUT2D eigenvalue weighted by atomic mass is 19.4. The minimum atomic E-state index is -4.58. The second kappa shape index (κ2) is 5.07. The summed E-state index contributed by atoms with van der Waals surface area (Å²) in [5.41, 5.74) is 3.84. The Morgan fingerprint density at radius 3 is 2.63 bits per heavy atom. The summed E-state index contributed by atoms with van der Waals surface area (Å²) >= 11 is 0. The van der Waals surface area contributed by atoms with Gasteiger partial charge in [0, 0.05) is 0 Å². The van der Waals surface area contributed by atoms with Gasteiger partial charge in [-0.1, -0.05) is 12.8 Å². The molecule has 1 aliphatic carbocycles. The number of nitrogens with zero attached hydrogens (tertiary/aromatic N) is 1. The molecule has 0 radical (unpaired) electrons. The first-order valence-corrected chi connectivity index (χ1v) is 5.89. The molecular weight excluding hydrogens is 261 g/mol. The van der Waals surface area contributed by atoms with Crippen LogP contribution in [0.1, 0.15) is 35.3 Å². The first-order valence-electron chi connectivity index (χ1n) is 5.89. The van der Waals surface area contributed by atoms with Crippen molar-refractivity contribution in [3.63, 3.8) is 0 Å². The Morgan fingerprint density at radius 2 is 2.11 bits per heavy atom. The van der Waals surface area contributed by atoms with Crippen LogP contribution in [0, 0.1) is 5.92 Å². The number of halogens is 3.